The molecule has 0 bridgehead atoms. The molecule has 36 heavy (non-hydrogen) atoms. The number of allylic oxidation sites excluding steroid dienone is 2. The van der Waals surface area contributed by atoms with Crippen molar-refractivity contribution in [1.82, 2.24) is 0 Å². The van der Waals surface area contributed by atoms with E-state index < -0.39 is 0 Å². The lowest BCUT2D eigenvalue weighted by Gasteiger charge is -2.64. The highest BCUT2D eigenvalue weighted by atomic mass is 16.5. The number of ether oxygens (including phenoxy) is 1. The van der Waals surface area contributed by atoms with Crippen molar-refractivity contribution in [3.63, 3.8) is 0 Å². The Kier molecular flexibility index (Phi) is 7.17. The van der Waals surface area contributed by atoms with Crippen LogP contribution in [-0.2, 0) is 9.53 Å². The molecule has 0 aromatic rings. The van der Waals surface area contributed by atoms with Crippen molar-refractivity contribution >= 4 is 5.97 Å². The SMILES string of the molecule is CC(=O)O[C@H]1CC[C@]2(C)C3=CC[C@]4(C)C([C@@H](C)CC(C)(C)CC(C)C)CC[C@@]4(C)C3CCC2C1(C)C. The Labute approximate surface area is 223 Å². The predicted molar refractivity (Wildman–Crippen MR) is 152 cm³/mol. The third-order valence-corrected chi connectivity index (χ3v) is 12.6. The van der Waals surface area contributed by atoms with Crippen molar-refractivity contribution in [2.45, 2.75) is 140 Å². The van der Waals surface area contributed by atoms with Gasteiger partial charge in [0, 0.05) is 12.3 Å². The number of fused-ring (bicyclic) bond motifs is 5. The first-order valence-corrected chi connectivity index (χ1v) is 15.4. The van der Waals surface area contributed by atoms with Gasteiger partial charge in [0.1, 0.15) is 6.10 Å². The van der Waals surface area contributed by atoms with Crippen LogP contribution in [0.3, 0.4) is 0 Å². The minimum atomic E-state index is -0.117. The Balaban J connectivity index is 1.61. The zero-order valence-electron chi connectivity index (χ0n) is 25.7. The quantitative estimate of drug-likeness (QED) is 0.269. The Morgan fingerprint density at radius 2 is 1.64 bits per heavy atom. The maximum Gasteiger partial charge on any atom is 0.302 e. The summed E-state index contributed by atoms with van der Waals surface area (Å²) < 4.78 is 5.89. The summed E-state index contributed by atoms with van der Waals surface area (Å²) in [7, 11) is 0. The van der Waals surface area contributed by atoms with Gasteiger partial charge in [-0.15, -0.1) is 0 Å². The summed E-state index contributed by atoms with van der Waals surface area (Å²) in [6.07, 6.45) is 14.3. The average molecular weight is 499 g/mol. The Hall–Kier alpha value is -0.790. The molecule has 0 N–H and O–H groups in total. The fraction of sp³-hybridized carbons (Fsp3) is 0.912. The van der Waals surface area contributed by atoms with Crippen LogP contribution in [0.25, 0.3) is 0 Å². The van der Waals surface area contributed by atoms with Crippen LogP contribution in [-0.4, -0.2) is 12.1 Å². The van der Waals surface area contributed by atoms with Gasteiger partial charge in [-0.05, 0) is 109 Å². The van der Waals surface area contributed by atoms with Crippen LogP contribution in [0, 0.1) is 56.7 Å². The van der Waals surface area contributed by atoms with Gasteiger partial charge in [-0.2, -0.15) is 0 Å². The van der Waals surface area contributed by atoms with E-state index in [0.29, 0.717) is 22.2 Å². The van der Waals surface area contributed by atoms with Gasteiger partial charge < -0.3 is 4.74 Å². The number of esters is 1. The van der Waals surface area contributed by atoms with Gasteiger partial charge in [0.2, 0.25) is 0 Å². The molecule has 4 aliphatic rings. The van der Waals surface area contributed by atoms with E-state index in [4.69, 9.17) is 4.74 Å². The molecule has 3 fully saturated rings. The van der Waals surface area contributed by atoms with E-state index in [9.17, 15) is 4.79 Å². The van der Waals surface area contributed by atoms with E-state index in [2.05, 4.69) is 75.3 Å². The van der Waals surface area contributed by atoms with Crippen molar-refractivity contribution in [1.29, 1.82) is 0 Å². The van der Waals surface area contributed by atoms with Gasteiger partial charge in [-0.25, -0.2) is 0 Å². The highest BCUT2D eigenvalue weighted by Gasteiger charge is 2.65. The molecule has 2 nitrogen and oxygen atoms in total. The molecule has 4 rings (SSSR count). The number of hydrogen-bond acceptors (Lipinski definition) is 2. The van der Waals surface area contributed by atoms with E-state index >= 15 is 0 Å². The minimum absolute atomic E-state index is 0.0286. The molecule has 0 aliphatic heterocycles. The fourth-order valence-corrected chi connectivity index (χ4v) is 11.3. The van der Waals surface area contributed by atoms with Crippen LogP contribution in [0.2, 0.25) is 0 Å². The highest BCUT2D eigenvalue weighted by Crippen LogP contribution is 2.73. The first-order chi connectivity index (χ1) is 16.5. The van der Waals surface area contributed by atoms with Crippen molar-refractivity contribution < 1.29 is 9.53 Å². The smallest absolute Gasteiger partial charge is 0.302 e. The van der Waals surface area contributed by atoms with Crippen molar-refractivity contribution in [3.05, 3.63) is 11.6 Å². The predicted octanol–water partition coefficient (Wildman–Crippen LogP) is 9.62. The van der Waals surface area contributed by atoms with Gasteiger partial charge in [-0.3, -0.25) is 4.79 Å². The first kappa shape index (κ1) is 28.2. The second-order valence-corrected chi connectivity index (χ2v) is 16.3. The second kappa shape index (κ2) is 9.15. The summed E-state index contributed by atoms with van der Waals surface area (Å²) in [6, 6.07) is 0. The average Bonchev–Trinajstić information content (AvgIpc) is 3.00. The van der Waals surface area contributed by atoms with Crippen LogP contribution < -0.4 is 0 Å². The molecule has 4 aliphatic carbocycles. The molecular formula is C34H58O2. The number of carbonyl (C=O) groups is 1. The molecule has 0 saturated heterocycles. The molecule has 3 saturated carbocycles. The van der Waals surface area contributed by atoms with E-state index in [-0.39, 0.29) is 22.9 Å². The van der Waals surface area contributed by atoms with E-state index in [0.717, 1.165) is 36.5 Å². The molecule has 2 heteroatoms. The summed E-state index contributed by atoms with van der Waals surface area (Å²) in [6.45, 7) is 26.6. The molecule has 0 radical (unpaired) electrons. The van der Waals surface area contributed by atoms with Crippen LogP contribution in [0.4, 0.5) is 0 Å². The van der Waals surface area contributed by atoms with Crippen LogP contribution >= 0.6 is 0 Å². The Morgan fingerprint density at radius 3 is 2.25 bits per heavy atom. The van der Waals surface area contributed by atoms with Crippen molar-refractivity contribution in [2.24, 2.45) is 56.7 Å². The summed E-state index contributed by atoms with van der Waals surface area (Å²) in [4.78, 5) is 11.9. The number of rotatable bonds is 6. The van der Waals surface area contributed by atoms with Crippen molar-refractivity contribution in [2.75, 3.05) is 0 Å². The van der Waals surface area contributed by atoms with E-state index in [1.807, 2.05) is 0 Å². The molecule has 0 aromatic heterocycles. The van der Waals surface area contributed by atoms with Crippen molar-refractivity contribution in [3.8, 4) is 0 Å². The molecule has 0 heterocycles. The Bertz CT molecular complexity index is 880. The van der Waals surface area contributed by atoms with Gasteiger partial charge in [-0.1, -0.05) is 80.9 Å². The normalized spacial score (nSPS) is 42.7. The molecule has 0 spiro atoms. The summed E-state index contributed by atoms with van der Waals surface area (Å²) in [5.41, 5.74) is 3.31. The summed E-state index contributed by atoms with van der Waals surface area (Å²) in [5.74, 6) is 3.58. The van der Waals surface area contributed by atoms with Crippen LogP contribution in [0.1, 0.15) is 134 Å². The molecule has 0 aromatic carbocycles. The third kappa shape index (κ3) is 4.33. The van der Waals surface area contributed by atoms with E-state index in [1.54, 1.807) is 12.5 Å². The highest BCUT2D eigenvalue weighted by molar-refractivity contribution is 5.66. The van der Waals surface area contributed by atoms with Gasteiger partial charge in [0.05, 0.1) is 0 Å². The van der Waals surface area contributed by atoms with Gasteiger partial charge >= 0.3 is 5.97 Å². The molecule has 3 unspecified atom stereocenters. The molecule has 206 valence electrons. The third-order valence-electron chi connectivity index (χ3n) is 12.6. The fourth-order valence-electron chi connectivity index (χ4n) is 11.3. The maximum absolute atomic E-state index is 11.9. The minimum Gasteiger partial charge on any atom is -0.462 e. The monoisotopic (exact) mass is 498 g/mol. The largest absolute Gasteiger partial charge is 0.462 e. The maximum atomic E-state index is 11.9. The zero-order valence-corrected chi connectivity index (χ0v) is 25.7. The first-order valence-electron chi connectivity index (χ1n) is 15.4. The lowest BCUT2D eigenvalue weighted by atomic mass is 9.41. The lowest BCUT2D eigenvalue weighted by molar-refractivity contribution is -0.170. The summed E-state index contributed by atoms with van der Waals surface area (Å²) >= 11 is 0. The Morgan fingerprint density at radius 1 is 0.972 bits per heavy atom. The van der Waals surface area contributed by atoms with Gasteiger partial charge in [0.25, 0.3) is 0 Å². The molecular weight excluding hydrogens is 440 g/mol. The van der Waals surface area contributed by atoms with Crippen LogP contribution in [0.15, 0.2) is 11.6 Å². The topological polar surface area (TPSA) is 26.3 Å². The van der Waals surface area contributed by atoms with E-state index in [1.165, 1.54) is 44.9 Å². The van der Waals surface area contributed by atoms with Gasteiger partial charge in [0.15, 0.2) is 0 Å². The summed E-state index contributed by atoms with van der Waals surface area (Å²) in [5, 5.41) is 0. The van der Waals surface area contributed by atoms with Crippen LogP contribution in [0.5, 0.6) is 0 Å². The molecule has 0 amide bonds. The second-order valence-electron chi connectivity index (χ2n) is 16.3. The number of carbonyl (C=O) groups excluding carboxylic acids is 1. The standard InChI is InChI=1S/C34H58O2/c1-22(2)20-30(5,6)21-23(3)25-14-18-34(11)27-12-13-28-31(7,8)29(36-24(4)35)16-17-32(28,9)26(27)15-19-33(25,34)10/h15,22-23,25,27-29H,12-14,16-21H2,1-11H3/t23-,25?,27?,28?,29-,32+,33+,34-/m0/s1. The number of hydrogen-bond donors (Lipinski definition) is 0. The molecule has 8 atom stereocenters. The zero-order chi connectivity index (χ0) is 26.9. The lowest BCUT2D eigenvalue weighted by Crippen LogP contribution is -2.58.